The molecule has 0 bridgehead atoms. The summed E-state index contributed by atoms with van der Waals surface area (Å²) in [7, 11) is -1.32. The third-order valence-electron chi connectivity index (χ3n) is 9.08. The van der Waals surface area contributed by atoms with Crippen LogP contribution in [0.15, 0.2) is 78.9 Å². The Kier molecular flexibility index (Phi) is 7.34. The van der Waals surface area contributed by atoms with Crippen molar-refractivity contribution >= 4 is 13.3 Å². The Morgan fingerprint density at radius 2 is 1.35 bits per heavy atom. The van der Waals surface area contributed by atoms with Gasteiger partial charge in [0, 0.05) is 0 Å². The standard InChI is InChI=1S/C32H39FSi/c1-2-21-34(30-11-7-4-8-12-30)22-19-26(20-23-34)25-13-15-28(16-14-25)32-24-29(33)17-18-31(32)27-9-5-3-6-10-27/h3-12,17-18,24-26,28H,2,13-16,19-23H2,1H3. The molecule has 5 rings (SSSR count). The molecule has 0 N–H and O–H groups in total. The van der Waals surface area contributed by atoms with Crippen LogP contribution in [0.1, 0.15) is 63.4 Å². The lowest BCUT2D eigenvalue weighted by atomic mass is 9.71. The van der Waals surface area contributed by atoms with Crippen LogP contribution < -0.4 is 5.19 Å². The first kappa shape index (κ1) is 23.5. The van der Waals surface area contributed by atoms with Gasteiger partial charge in [0.05, 0.1) is 8.07 Å². The molecular formula is C32H39FSi. The summed E-state index contributed by atoms with van der Waals surface area (Å²) in [5.74, 6) is 2.17. The van der Waals surface area contributed by atoms with Crippen LogP contribution in [-0.2, 0) is 0 Å². The summed E-state index contributed by atoms with van der Waals surface area (Å²) in [5, 5.41) is 1.71. The van der Waals surface area contributed by atoms with Crippen LogP contribution in [0.5, 0.6) is 0 Å². The predicted molar refractivity (Wildman–Crippen MR) is 146 cm³/mol. The van der Waals surface area contributed by atoms with E-state index in [1.165, 1.54) is 79.8 Å². The summed E-state index contributed by atoms with van der Waals surface area (Å²) in [6.45, 7) is 2.38. The van der Waals surface area contributed by atoms with E-state index in [1.54, 1.807) is 11.3 Å². The van der Waals surface area contributed by atoms with Crippen LogP contribution in [0, 0.1) is 17.7 Å². The fraction of sp³-hybridized carbons (Fsp3) is 0.438. The highest BCUT2D eigenvalue weighted by atomic mass is 28.3. The van der Waals surface area contributed by atoms with Gasteiger partial charge in [-0.2, -0.15) is 0 Å². The second kappa shape index (κ2) is 10.6. The van der Waals surface area contributed by atoms with Gasteiger partial charge in [0.2, 0.25) is 0 Å². The largest absolute Gasteiger partial charge is 0.207 e. The lowest BCUT2D eigenvalue weighted by Gasteiger charge is -2.43. The highest BCUT2D eigenvalue weighted by Crippen LogP contribution is 2.47. The van der Waals surface area contributed by atoms with Crippen LogP contribution in [-0.4, -0.2) is 8.07 Å². The summed E-state index contributed by atoms with van der Waals surface area (Å²) in [6, 6.07) is 31.9. The Hall–Kier alpha value is -2.19. The third-order valence-corrected chi connectivity index (χ3v) is 14.6. The molecule has 2 fully saturated rings. The molecule has 0 spiro atoms. The molecule has 0 amide bonds. The molecule has 3 aromatic carbocycles. The molecule has 1 aliphatic carbocycles. The van der Waals surface area contributed by atoms with Gasteiger partial charge in [-0.25, -0.2) is 4.39 Å². The van der Waals surface area contributed by atoms with E-state index >= 15 is 0 Å². The van der Waals surface area contributed by atoms with E-state index in [4.69, 9.17) is 0 Å². The molecule has 0 aromatic heterocycles. The normalized spacial score (nSPS) is 27.4. The molecule has 0 atom stereocenters. The van der Waals surface area contributed by atoms with Crippen molar-refractivity contribution < 1.29 is 4.39 Å². The van der Waals surface area contributed by atoms with Gasteiger partial charge in [-0.05, 0) is 72.3 Å². The molecule has 178 valence electrons. The molecule has 3 aromatic rings. The smallest absolute Gasteiger partial charge is 0.123 e. The van der Waals surface area contributed by atoms with Gasteiger partial charge in [-0.15, -0.1) is 0 Å². The molecule has 34 heavy (non-hydrogen) atoms. The minimum absolute atomic E-state index is 0.0952. The van der Waals surface area contributed by atoms with Crippen LogP contribution >= 0.6 is 0 Å². The Balaban J connectivity index is 1.24. The fourth-order valence-corrected chi connectivity index (χ4v) is 12.6. The van der Waals surface area contributed by atoms with Crippen molar-refractivity contribution in [2.45, 2.75) is 75.9 Å². The summed E-state index contributed by atoms with van der Waals surface area (Å²) in [6.07, 6.45) is 9.24. The number of hydrogen-bond acceptors (Lipinski definition) is 0. The van der Waals surface area contributed by atoms with E-state index in [-0.39, 0.29) is 5.82 Å². The zero-order valence-corrected chi connectivity index (χ0v) is 21.7. The van der Waals surface area contributed by atoms with E-state index in [2.05, 4.69) is 67.6 Å². The Morgan fingerprint density at radius 1 is 0.735 bits per heavy atom. The van der Waals surface area contributed by atoms with Crippen molar-refractivity contribution in [2.24, 2.45) is 11.8 Å². The monoisotopic (exact) mass is 470 g/mol. The van der Waals surface area contributed by atoms with E-state index < -0.39 is 8.07 Å². The van der Waals surface area contributed by atoms with Crippen molar-refractivity contribution in [3.63, 3.8) is 0 Å². The van der Waals surface area contributed by atoms with Crippen molar-refractivity contribution in [3.05, 3.63) is 90.2 Å². The van der Waals surface area contributed by atoms with Gasteiger partial charge >= 0.3 is 0 Å². The first-order valence-corrected chi connectivity index (χ1v) is 16.2. The summed E-state index contributed by atoms with van der Waals surface area (Å²) in [5.41, 5.74) is 3.66. The van der Waals surface area contributed by atoms with E-state index in [0.717, 1.165) is 11.8 Å². The molecule has 0 unspecified atom stereocenters. The fourth-order valence-electron chi connectivity index (χ4n) is 7.27. The lowest BCUT2D eigenvalue weighted by molar-refractivity contribution is 0.215. The maximum atomic E-state index is 14.3. The number of hydrogen-bond donors (Lipinski definition) is 0. The van der Waals surface area contributed by atoms with Crippen LogP contribution in [0.25, 0.3) is 11.1 Å². The topological polar surface area (TPSA) is 0 Å². The van der Waals surface area contributed by atoms with Crippen LogP contribution in [0.4, 0.5) is 4.39 Å². The van der Waals surface area contributed by atoms with Crippen molar-refractivity contribution in [1.82, 2.24) is 0 Å². The van der Waals surface area contributed by atoms with Gasteiger partial charge in [0.1, 0.15) is 5.82 Å². The summed E-state index contributed by atoms with van der Waals surface area (Å²) in [4.78, 5) is 0. The molecule has 0 radical (unpaired) electrons. The molecule has 0 nitrogen and oxygen atoms in total. The molecule has 1 saturated carbocycles. The summed E-state index contributed by atoms with van der Waals surface area (Å²) >= 11 is 0. The van der Waals surface area contributed by atoms with E-state index in [1.807, 2.05) is 12.1 Å². The maximum absolute atomic E-state index is 14.3. The first-order chi connectivity index (χ1) is 16.7. The average molecular weight is 471 g/mol. The molecule has 1 aliphatic heterocycles. The minimum Gasteiger partial charge on any atom is -0.207 e. The predicted octanol–water partition coefficient (Wildman–Crippen LogP) is 8.94. The number of rotatable bonds is 6. The third kappa shape index (κ3) is 4.93. The van der Waals surface area contributed by atoms with Gasteiger partial charge in [-0.3, -0.25) is 0 Å². The number of benzene rings is 3. The van der Waals surface area contributed by atoms with Gasteiger partial charge < -0.3 is 0 Å². The molecule has 2 aliphatic rings. The van der Waals surface area contributed by atoms with E-state index in [9.17, 15) is 4.39 Å². The quantitative estimate of drug-likeness (QED) is 0.315. The van der Waals surface area contributed by atoms with Crippen molar-refractivity contribution in [3.8, 4) is 11.1 Å². The average Bonchev–Trinajstić information content (AvgIpc) is 2.90. The van der Waals surface area contributed by atoms with Crippen LogP contribution in [0.3, 0.4) is 0 Å². The zero-order valence-electron chi connectivity index (χ0n) is 20.7. The van der Waals surface area contributed by atoms with Gasteiger partial charge in [0.25, 0.3) is 0 Å². The Bertz CT molecular complexity index is 1040. The SMILES string of the molecule is CCC[Si]1(c2ccccc2)CCC(C2CCC(c3cc(F)ccc3-c3ccccc3)CC2)CC1. The van der Waals surface area contributed by atoms with Gasteiger partial charge in [-0.1, -0.05) is 116 Å². The highest BCUT2D eigenvalue weighted by molar-refractivity contribution is 6.92. The molecule has 1 saturated heterocycles. The summed E-state index contributed by atoms with van der Waals surface area (Å²) < 4.78 is 14.3. The molecule has 2 heteroatoms. The van der Waals surface area contributed by atoms with E-state index in [0.29, 0.717) is 5.92 Å². The lowest BCUT2D eigenvalue weighted by Crippen LogP contribution is -2.50. The first-order valence-electron chi connectivity index (χ1n) is 13.6. The highest BCUT2D eigenvalue weighted by Gasteiger charge is 2.40. The Morgan fingerprint density at radius 3 is 2.00 bits per heavy atom. The molecular weight excluding hydrogens is 431 g/mol. The molecule has 1 heterocycles. The Labute approximate surface area is 206 Å². The van der Waals surface area contributed by atoms with Gasteiger partial charge in [0.15, 0.2) is 0 Å². The second-order valence-electron chi connectivity index (χ2n) is 10.9. The number of halogens is 1. The van der Waals surface area contributed by atoms with Crippen molar-refractivity contribution in [1.29, 1.82) is 0 Å². The van der Waals surface area contributed by atoms with Crippen LogP contribution in [0.2, 0.25) is 18.1 Å². The minimum atomic E-state index is -1.32. The zero-order chi connectivity index (χ0) is 23.4. The maximum Gasteiger partial charge on any atom is 0.123 e. The second-order valence-corrected chi connectivity index (χ2v) is 15.6. The van der Waals surface area contributed by atoms with Crippen molar-refractivity contribution in [2.75, 3.05) is 0 Å².